The molecule has 4 N–H and O–H groups in total. The number of carbonyl (C=O) groups excluding carboxylic acids is 3. The largest absolute Gasteiger partial charge is 0.368 e. The first-order valence-corrected chi connectivity index (χ1v) is 12.6. The van der Waals surface area contributed by atoms with Crippen LogP contribution in [0, 0.1) is 0 Å². The van der Waals surface area contributed by atoms with Gasteiger partial charge in [0.1, 0.15) is 12.1 Å². The number of rotatable bonds is 7. The molecule has 184 valence electrons. The molecule has 1 saturated heterocycles. The van der Waals surface area contributed by atoms with Crippen molar-refractivity contribution in [3.05, 3.63) is 66.4 Å². The van der Waals surface area contributed by atoms with Gasteiger partial charge in [-0.1, -0.05) is 36.4 Å². The lowest BCUT2D eigenvalue weighted by molar-refractivity contribution is -0.136. The van der Waals surface area contributed by atoms with Crippen LogP contribution in [0.1, 0.15) is 12.5 Å². The van der Waals surface area contributed by atoms with Gasteiger partial charge in [0.2, 0.25) is 27.7 Å². The predicted octanol–water partition coefficient (Wildman–Crippen LogP) is 0.602. The number of piperazine rings is 1. The van der Waals surface area contributed by atoms with Crippen LogP contribution in [-0.2, 0) is 30.8 Å². The Morgan fingerprint density at radius 1 is 1.09 bits per heavy atom. The molecule has 1 aromatic heterocycles. The number of fused-ring (bicyclic) bond motifs is 1. The van der Waals surface area contributed by atoms with E-state index in [2.05, 4.69) is 10.3 Å². The number of benzene rings is 2. The third kappa shape index (κ3) is 5.05. The Morgan fingerprint density at radius 2 is 1.77 bits per heavy atom. The molecule has 0 bridgehead atoms. The Balaban J connectivity index is 1.60. The first-order valence-electron chi connectivity index (χ1n) is 11.2. The summed E-state index contributed by atoms with van der Waals surface area (Å²) >= 11 is 0. The molecule has 0 spiro atoms. The molecule has 1 aliphatic rings. The lowest BCUT2D eigenvalue weighted by Gasteiger charge is -2.39. The second-order valence-electron chi connectivity index (χ2n) is 8.44. The van der Waals surface area contributed by atoms with E-state index in [4.69, 9.17) is 5.73 Å². The summed E-state index contributed by atoms with van der Waals surface area (Å²) in [6, 6.07) is 13.0. The first kappa shape index (κ1) is 24.4. The van der Waals surface area contributed by atoms with Gasteiger partial charge >= 0.3 is 0 Å². The zero-order chi connectivity index (χ0) is 25.2. The van der Waals surface area contributed by atoms with E-state index in [-0.39, 0.29) is 36.9 Å². The monoisotopic (exact) mass is 497 g/mol. The lowest BCUT2D eigenvalue weighted by Crippen LogP contribution is -2.63. The maximum Gasteiger partial charge on any atom is 0.243 e. The van der Waals surface area contributed by atoms with Crippen LogP contribution in [0.15, 0.2) is 65.7 Å². The molecular formula is C24H27N5O5S. The minimum absolute atomic E-state index is 0.0410. The second-order valence-corrected chi connectivity index (χ2v) is 10.3. The zero-order valence-electron chi connectivity index (χ0n) is 19.2. The van der Waals surface area contributed by atoms with Crippen molar-refractivity contribution in [1.29, 1.82) is 0 Å². The van der Waals surface area contributed by atoms with Gasteiger partial charge in [0.05, 0.1) is 4.90 Å². The van der Waals surface area contributed by atoms with Gasteiger partial charge in [-0.2, -0.15) is 4.31 Å². The maximum atomic E-state index is 13.4. The van der Waals surface area contributed by atoms with Crippen molar-refractivity contribution in [1.82, 2.24) is 19.5 Å². The van der Waals surface area contributed by atoms with E-state index < -0.39 is 33.9 Å². The van der Waals surface area contributed by atoms with E-state index >= 15 is 0 Å². The topological polar surface area (TPSA) is 146 Å². The van der Waals surface area contributed by atoms with Gasteiger partial charge in [0.25, 0.3) is 0 Å². The standard InChI is InChI=1S/C24H27N5O5S/c1-16(30)28-11-12-29(35(33,34)18-7-3-2-4-8-18)22(15-28)24(32)27-21(23(25)31)13-17-14-26-20-10-6-5-9-19(17)20/h2-10,14,21-22,26H,11-13,15H2,1H3,(H2,25,31)(H,27,32)/t21-,22+/m1/s1. The van der Waals surface area contributed by atoms with Crippen LogP contribution < -0.4 is 11.1 Å². The minimum atomic E-state index is -4.03. The number of sulfonamides is 1. The Kier molecular flexibility index (Phi) is 6.90. The number of nitrogens with two attached hydrogens (primary N) is 1. The van der Waals surface area contributed by atoms with Crippen LogP contribution in [0.4, 0.5) is 0 Å². The summed E-state index contributed by atoms with van der Waals surface area (Å²) in [7, 11) is -4.03. The van der Waals surface area contributed by atoms with Crippen LogP contribution in [-0.4, -0.2) is 72.0 Å². The summed E-state index contributed by atoms with van der Waals surface area (Å²) in [5.41, 5.74) is 7.26. The Bertz CT molecular complexity index is 1350. The van der Waals surface area contributed by atoms with E-state index in [0.717, 1.165) is 20.8 Å². The Labute approximate surface area is 203 Å². The number of amides is 3. The lowest BCUT2D eigenvalue weighted by atomic mass is 10.0. The molecule has 3 aromatic rings. The summed E-state index contributed by atoms with van der Waals surface area (Å²) in [4.78, 5) is 42.2. The third-order valence-corrected chi connectivity index (χ3v) is 8.11. The molecule has 4 rings (SSSR count). The van der Waals surface area contributed by atoms with Crippen molar-refractivity contribution in [2.75, 3.05) is 19.6 Å². The quantitative estimate of drug-likeness (QED) is 0.438. The molecule has 0 radical (unpaired) electrons. The molecule has 0 unspecified atom stereocenters. The van der Waals surface area contributed by atoms with Gasteiger partial charge in [-0.3, -0.25) is 14.4 Å². The number of hydrogen-bond acceptors (Lipinski definition) is 5. The molecule has 0 aliphatic carbocycles. The molecule has 10 nitrogen and oxygen atoms in total. The van der Waals surface area contributed by atoms with E-state index in [1.54, 1.807) is 24.4 Å². The summed E-state index contributed by atoms with van der Waals surface area (Å²) in [5, 5.41) is 3.52. The number of H-pyrrole nitrogens is 1. The number of para-hydroxylation sites is 1. The molecule has 11 heteroatoms. The maximum absolute atomic E-state index is 13.4. The fourth-order valence-electron chi connectivity index (χ4n) is 4.29. The van der Waals surface area contributed by atoms with E-state index in [1.807, 2.05) is 24.3 Å². The number of carbonyl (C=O) groups is 3. The van der Waals surface area contributed by atoms with Gasteiger partial charge in [0.15, 0.2) is 0 Å². The smallest absolute Gasteiger partial charge is 0.243 e. The number of nitrogens with one attached hydrogen (secondary N) is 2. The second kappa shape index (κ2) is 9.88. The molecule has 0 saturated carbocycles. The highest BCUT2D eigenvalue weighted by Crippen LogP contribution is 2.23. The minimum Gasteiger partial charge on any atom is -0.368 e. The van der Waals surface area contributed by atoms with Crippen LogP contribution in [0.5, 0.6) is 0 Å². The molecule has 1 aliphatic heterocycles. The number of aromatic nitrogens is 1. The third-order valence-electron chi connectivity index (χ3n) is 6.19. The van der Waals surface area contributed by atoms with Crippen molar-refractivity contribution in [2.45, 2.75) is 30.3 Å². The molecular weight excluding hydrogens is 470 g/mol. The Hall–Kier alpha value is -3.70. The SMILES string of the molecule is CC(=O)N1CCN(S(=O)(=O)c2ccccc2)[C@H](C(=O)N[C@H](Cc2c[nH]c3ccccc23)C(N)=O)C1. The van der Waals surface area contributed by atoms with Gasteiger partial charge < -0.3 is 20.9 Å². The van der Waals surface area contributed by atoms with Crippen molar-refractivity contribution in [3.8, 4) is 0 Å². The van der Waals surface area contributed by atoms with Crippen LogP contribution >= 0.6 is 0 Å². The molecule has 2 heterocycles. The van der Waals surface area contributed by atoms with Crippen LogP contribution in [0.25, 0.3) is 10.9 Å². The summed E-state index contributed by atoms with van der Waals surface area (Å²) in [6.07, 6.45) is 1.87. The Morgan fingerprint density at radius 3 is 2.46 bits per heavy atom. The number of nitrogens with zero attached hydrogens (tertiary/aromatic N) is 2. The average molecular weight is 498 g/mol. The van der Waals surface area contributed by atoms with E-state index in [9.17, 15) is 22.8 Å². The normalized spacial score (nSPS) is 17.7. The van der Waals surface area contributed by atoms with E-state index in [1.165, 1.54) is 24.0 Å². The fraction of sp³-hybridized carbons (Fsp3) is 0.292. The highest BCUT2D eigenvalue weighted by atomic mass is 32.2. The van der Waals surface area contributed by atoms with Gasteiger partial charge in [-0.15, -0.1) is 0 Å². The fourth-order valence-corrected chi connectivity index (χ4v) is 5.88. The van der Waals surface area contributed by atoms with Crippen molar-refractivity contribution < 1.29 is 22.8 Å². The van der Waals surface area contributed by atoms with Crippen molar-refractivity contribution in [3.63, 3.8) is 0 Å². The molecule has 1 fully saturated rings. The van der Waals surface area contributed by atoms with Gasteiger partial charge in [0, 0.05) is 50.1 Å². The van der Waals surface area contributed by atoms with Crippen molar-refractivity contribution in [2.24, 2.45) is 5.73 Å². The highest BCUT2D eigenvalue weighted by Gasteiger charge is 2.41. The molecule has 35 heavy (non-hydrogen) atoms. The van der Waals surface area contributed by atoms with Crippen molar-refractivity contribution >= 4 is 38.6 Å². The molecule has 2 atom stereocenters. The summed E-state index contributed by atoms with van der Waals surface area (Å²) in [6.45, 7) is 1.32. The van der Waals surface area contributed by atoms with Crippen LogP contribution in [0.3, 0.4) is 0 Å². The molecule has 2 aromatic carbocycles. The summed E-state index contributed by atoms with van der Waals surface area (Å²) in [5.74, 6) is -1.72. The number of hydrogen-bond donors (Lipinski definition) is 3. The number of primary amides is 1. The van der Waals surface area contributed by atoms with Gasteiger partial charge in [-0.05, 0) is 23.8 Å². The zero-order valence-corrected chi connectivity index (χ0v) is 20.0. The summed E-state index contributed by atoms with van der Waals surface area (Å²) < 4.78 is 27.8. The first-order chi connectivity index (χ1) is 16.7. The molecule has 3 amide bonds. The average Bonchev–Trinajstić information content (AvgIpc) is 3.26. The van der Waals surface area contributed by atoms with E-state index in [0.29, 0.717) is 0 Å². The van der Waals surface area contributed by atoms with Gasteiger partial charge in [-0.25, -0.2) is 8.42 Å². The van der Waals surface area contributed by atoms with Crippen LogP contribution in [0.2, 0.25) is 0 Å². The number of aromatic amines is 1. The highest BCUT2D eigenvalue weighted by molar-refractivity contribution is 7.89. The predicted molar refractivity (Wildman–Crippen MR) is 130 cm³/mol.